The molecular formula is C12H24N2O. The molecule has 2 aliphatic rings. The van der Waals surface area contributed by atoms with E-state index in [-0.39, 0.29) is 0 Å². The first-order valence-electron chi connectivity index (χ1n) is 6.31. The predicted molar refractivity (Wildman–Crippen MR) is 61.7 cm³/mol. The first-order chi connectivity index (χ1) is 7.29. The molecule has 88 valence electrons. The van der Waals surface area contributed by atoms with E-state index in [0.717, 1.165) is 37.6 Å². The van der Waals surface area contributed by atoms with Crippen LogP contribution in [0.3, 0.4) is 0 Å². The zero-order valence-electron chi connectivity index (χ0n) is 9.82. The minimum absolute atomic E-state index is 0.723. The van der Waals surface area contributed by atoms with Gasteiger partial charge in [0.2, 0.25) is 0 Å². The van der Waals surface area contributed by atoms with Gasteiger partial charge in [0.1, 0.15) is 0 Å². The lowest BCUT2D eigenvalue weighted by Gasteiger charge is -2.29. The van der Waals surface area contributed by atoms with Crippen LogP contribution in [0.4, 0.5) is 0 Å². The molecule has 0 amide bonds. The van der Waals surface area contributed by atoms with Crippen molar-refractivity contribution in [3.63, 3.8) is 0 Å². The molecule has 15 heavy (non-hydrogen) atoms. The third-order valence-electron chi connectivity index (χ3n) is 3.87. The molecular weight excluding hydrogens is 188 g/mol. The van der Waals surface area contributed by atoms with Crippen molar-refractivity contribution in [3.8, 4) is 0 Å². The van der Waals surface area contributed by atoms with E-state index < -0.39 is 0 Å². The van der Waals surface area contributed by atoms with E-state index in [4.69, 9.17) is 10.5 Å². The Bertz CT molecular complexity index is 192. The summed E-state index contributed by atoms with van der Waals surface area (Å²) in [5.41, 5.74) is 5.74. The fraction of sp³-hybridized carbons (Fsp3) is 1.00. The largest absolute Gasteiger partial charge is 0.381 e. The first-order valence-corrected chi connectivity index (χ1v) is 6.31. The molecule has 2 saturated heterocycles. The molecule has 2 aliphatic heterocycles. The summed E-state index contributed by atoms with van der Waals surface area (Å²) < 4.78 is 5.53. The number of nitrogens with two attached hydrogens (primary N) is 1. The smallest absolute Gasteiger partial charge is 0.0506 e. The van der Waals surface area contributed by atoms with Gasteiger partial charge in [-0.15, -0.1) is 0 Å². The van der Waals surface area contributed by atoms with Crippen molar-refractivity contribution in [1.82, 2.24) is 4.90 Å². The van der Waals surface area contributed by atoms with Crippen LogP contribution < -0.4 is 5.73 Å². The predicted octanol–water partition coefficient (Wildman–Crippen LogP) is 1.08. The zero-order chi connectivity index (χ0) is 10.7. The quantitative estimate of drug-likeness (QED) is 0.761. The maximum Gasteiger partial charge on any atom is 0.0506 e. The maximum atomic E-state index is 5.74. The van der Waals surface area contributed by atoms with Crippen LogP contribution in [0, 0.1) is 11.8 Å². The van der Waals surface area contributed by atoms with Crippen molar-refractivity contribution >= 4 is 0 Å². The van der Waals surface area contributed by atoms with Gasteiger partial charge in [-0.05, 0) is 44.6 Å². The van der Waals surface area contributed by atoms with Crippen LogP contribution >= 0.6 is 0 Å². The molecule has 3 nitrogen and oxygen atoms in total. The molecule has 0 saturated carbocycles. The highest BCUT2D eigenvalue weighted by molar-refractivity contribution is 4.84. The Morgan fingerprint density at radius 2 is 2.27 bits per heavy atom. The van der Waals surface area contributed by atoms with E-state index in [0.29, 0.717) is 0 Å². The third kappa shape index (κ3) is 2.92. The van der Waals surface area contributed by atoms with Crippen molar-refractivity contribution in [3.05, 3.63) is 0 Å². The molecule has 2 N–H and O–H groups in total. The molecule has 0 radical (unpaired) electrons. The Morgan fingerprint density at radius 3 is 2.87 bits per heavy atom. The van der Waals surface area contributed by atoms with Crippen molar-refractivity contribution in [2.45, 2.75) is 32.2 Å². The van der Waals surface area contributed by atoms with Gasteiger partial charge >= 0.3 is 0 Å². The number of nitrogens with zero attached hydrogens (tertiary/aromatic N) is 1. The monoisotopic (exact) mass is 212 g/mol. The minimum Gasteiger partial charge on any atom is -0.381 e. The molecule has 0 spiro atoms. The van der Waals surface area contributed by atoms with E-state index in [1.165, 1.54) is 32.4 Å². The first kappa shape index (κ1) is 11.4. The van der Waals surface area contributed by atoms with Gasteiger partial charge < -0.3 is 10.5 Å². The SMILES string of the molecule is CC1CC(CN)CN1CC1CCCOC1. The van der Waals surface area contributed by atoms with Crippen LogP contribution in [0.1, 0.15) is 26.2 Å². The Morgan fingerprint density at radius 1 is 1.40 bits per heavy atom. The lowest BCUT2D eigenvalue weighted by molar-refractivity contribution is 0.0372. The summed E-state index contributed by atoms with van der Waals surface area (Å²) in [5, 5.41) is 0. The Labute approximate surface area is 93.0 Å². The third-order valence-corrected chi connectivity index (χ3v) is 3.87. The number of rotatable bonds is 3. The van der Waals surface area contributed by atoms with Crippen LogP contribution in [0.2, 0.25) is 0 Å². The highest BCUT2D eigenvalue weighted by atomic mass is 16.5. The van der Waals surface area contributed by atoms with E-state index in [2.05, 4.69) is 11.8 Å². The van der Waals surface area contributed by atoms with Crippen molar-refractivity contribution in [2.75, 3.05) is 32.8 Å². The lowest BCUT2D eigenvalue weighted by Crippen LogP contribution is -2.36. The van der Waals surface area contributed by atoms with Gasteiger partial charge in [0, 0.05) is 25.7 Å². The van der Waals surface area contributed by atoms with Gasteiger partial charge in [0.25, 0.3) is 0 Å². The standard InChI is InChI=1S/C12H24N2O/c1-10-5-12(6-13)8-14(10)7-11-3-2-4-15-9-11/h10-12H,2-9,13H2,1H3. The molecule has 0 aromatic carbocycles. The Kier molecular flexibility index (Phi) is 4.00. The average molecular weight is 212 g/mol. The van der Waals surface area contributed by atoms with Gasteiger partial charge in [-0.3, -0.25) is 4.90 Å². The van der Waals surface area contributed by atoms with Gasteiger partial charge in [-0.1, -0.05) is 0 Å². The molecule has 3 unspecified atom stereocenters. The molecule has 0 aromatic heterocycles. The number of hydrogen-bond donors (Lipinski definition) is 1. The fourth-order valence-electron chi connectivity index (χ4n) is 2.93. The number of likely N-dealkylation sites (tertiary alicyclic amines) is 1. The summed E-state index contributed by atoms with van der Waals surface area (Å²) in [4.78, 5) is 2.61. The second-order valence-corrected chi connectivity index (χ2v) is 5.22. The highest BCUT2D eigenvalue weighted by Gasteiger charge is 2.30. The summed E-state index contributed by atoms with van der Waals surface area (Å²) in [7, 11) is 0. The maximum absolute atomic E-state index is 5.74. The van der Waals surface area contributed by atoms with E-state index in [1.54, 1.807) is 0 Å². The van der Waals surface area contributed by atoms with Gasteiger partial charge in [0.15, 0.2) is 0 Å². The average Bonchev–Trinajstić information content (AvgIpc) is 2.61. The second kappa shape index (κ2) is 5.28. The number of ether oxygens (including phenoxy) is 1. The molecule has 3 atom stereocenters. The topological polar surface area (TPSA) is 38.5 Å². The summed E-state index contributed by atoms with van der Waals surface area (Å²) in [6.07, 6.45) is 3.87. The minimum atomic E-state index is 0.723. The van der Waals surface area contributed by atoms with Gasteiger partial charge in [-0.2, -0.15) is 0 Å². The molecule has 3 heteroatoms. The normalized spacial score (nSPS) is 38.4. The van der Waals surface area contributed by atoms with E-state index >= 15 is 0 Å². The van der Waals surface area contributed by atoms with Crippen molar-refractivity contribution in [2.24, 2.45) is 17.6 Å². The molecule has 2 heterocycles. The fourth-order valence-corrected chi connectivity index (χ4v) is 2.93. The van der Waals surface area contributed by atoms with Gasteiger partial charge in [0.05, 0.1) is 6.61 Å². The van der Waals surface area contributed by atoms with Crippen LogP contribution in [0.5, 0.6) is 0 Å². The van der Waals surface area contributed by atoms with Crippen LogP contribution in [-0.4, -0.2) is 43.8 Å². The van der Waals surface area contributed by atoms with Crippen LogP contribution in [-0.2, 0) is 4.74 Å². The summed E-state index contributed by atoms with van der Waals surface area (Å²) in [5.74, 6) is 1.49. The molecule has 2 fully saturated rings. The van der Waals surface area contributed by atoms with Crippen LogP contribution in [0.15, 0.2) is 0 Å². The summed E-state index contributed by atoms with van der Waals surface area (Å²) in [6, 6.07) is 0.723. The Hall–Kier alpha value is -0.120. The Balaban J connectivity index is 1.78. The van der Waals surface area contributed by atoms with E-state index in [9.17, 15) is 0 Å². The zero-order valence-corrected chi connectivity index (χ0v) is 9.82. The van der Waals surface area contributed by atoms with Gasteiger partial charge in [-0.25, -0.2) is 0 Å². The van der Waals surface area contributed by atoms with Crippen molar-refractivity contribution < 1.29 is 4.74 Å². The molecule has 0 aromatic rings. The van der Waals surface area contributed by atoms with E-state index in [1.807, 2.05) is 0 Å². The van der Waals surface area contributed by atoms with Crippen molar-refractivity contribution in [1.29, 1.82) is 0 Å². The summed E-state index contributed by atoms with van der Waals surface area (Å²) in [6.45, 7) is 7.54. The molecule has 2 rings (SSSR count). The lowest BCUT2D eigenvalue weighted by atomic mass is 10.0. The second-order valence-electron chi connectivity index (χ2n) is 5.22. The number of hydrogen-bond acceptors (Lipinski definition) is 3. The summed E-state index contributed by atoms with van der Waals surface area (Å²) >= 11 is 0. The van der Waals surface area contributed by atoms with Crippen LogP contribution in [0.25, 0.3) is 0 Å². The molecule has 0 aliphatic carbocycles. The highest BCUT2D eigenvalue weighted by Crippen LogP contribution is 2.25. The molecule has 0 bridgehead atoms.